The quantitative estimate of drug-likeness (QED) is 0.796. The zero-order chi connectivity index (χ0) is 14.8. The van der Waals surface area contributed by atoms with E-state index in [0.717, 1.165) is 19.3 Å². The Morgan fingerprint density at radius 3 is 2.40 bits per heavy atom. The molecule has 0 bridgehead atoms. The van der Waals surface area contributed by atoms with Gasteiger partial charge in [0.1, 0.15) is 5.54 Å². The Morgan fingerprint density at radius 2 is 1.90 bits per heavy atom. The van der Waals surface area contributed by atoms with E-state index in [-0.39, 0.29) is 10.6 Å². The number of rotatable bonds is 4. The number of nitrogens with one attached hydrogen (secondary N) is 1. The molecule has 0 heterocycles. The first-order valence-electron chi connectivity index (χ1n) is 6.55. The number of halogens is 1. The van der Waals surface area contributed by atoms with E-state index in [9.17, 15) is 14.7 Å². The molecule has 108 valence electrons. The number of nitrogens with two attached hydrogens (primary N) is 1. The maximum Gasteiger partial charge on any atom is 0.329 e. The lowest BCUT2D eigenvalue weighted by atomic mass is 9.81. The molecule has 1 aliphatic carbocycles. The van der Waals surface area contributed by atoms with E-state index in [0.29, 0.717) is 18.5 Å². The van der Waals surface area contributed by atoms with Crippen molar-refractivity contribution in [1.82, 2.24) is 0 Å². The number of hydrogen-bond acceptors (Lipinski definition) is 3. The van der Waals surface area contributed by atoms with Gasteiger partial charge in [-0.1, -0.05) is 30.9 Å². The van der Waals surface area contributed by atoms with E-state index < -0.39 is 17.4 Å². The highest BCUT2D eigenvalue weighted by atomic mass is 35.5. The van der Waals surface area contributed by atoms with Gasteiger partial charge < -0.3 is 16.2 Å². The van der Waals surface area contributed by atoms with Crippen molar-refractivity contribution in [2.75, 3.05) is 5.32 Å². The van der Waals surface area contributed by atoms with E-state index in [1.54, 1.807) is 12.1 Å². The first-order valence-corrected chi connectivity index (χ1v) is 6.93. The second-order valence-corrected chi connectivity index (χ2v) is 5.54. The van der Waals surface area contributed by atoms with Crippen LogP contribution < -0.4 is 11.1 Å². The lowest BCUT2D eigenvalue weighted by Crippen LogP contribution is -2.47. The van der Waals surface area contributed by atoms with Gasteiger partial charge >= 0.3 is 5.97 Å². The van der Waals surface area contributed by atoms with Crippen LogP contribution in [0.5, 0.6) is 0 Å². The maximum atomic E-state index is 11.6. The van der Waals surface area contributed by atoms with Gasteiger partial charge in [0.15, 0.2) is 0 Å². The second-order valence-electron chi connectivity index (χ2n) is 5.13. The normalized spacial score (nSPS) is 17.4. The van der Waals surface area contributed by atoms with Crippen molar-refractivity contribution in [2.45, 2.75) is 37.6 Å². The monoisotopic (exact) mass is 296 g/mol. The highest BCUT2D eigenvalue weighted by molar-refractivity contribution is 6.34. The minimum Gasteiger partial charge on any atom is -0.480 e. The van der Waals surface area contributed by atoms with Crippen molar-refractivity contribution in [1.29, 1.82) is 0 Å². The van der Waals surface area contributed by atoms with Gasteiger partial charge in [0.05, 0.1) is 10.6 Å². The highest BCUT2D eigenvalue weighted by Crippen LogP contribution is 2.33. The molecule has 1 fully saturated rings. The van der Waals surface area contributed by atoms with Crippen molar-refractivity contribution in [3.8, 4) is 0 Å². The Hall–Kier alpha value is -1.75. The third-order valence-corrected chi connectivity index (χ3v) is 4.05. The molecule has 4 N–H and O–H groups in total. The number of anilines is 1. The van der Waals surface area contributed by atoms with Crippen molar-refractivity contribution >= 4 is 29.2 Å². The number of primary amides is 1. The number of carbonyl (C=O) groups excluding carboxylic acids is 1. The lowest BCUT2D eigenvalue weighted by Gasteiger charge is -2.35. The summed E-state index contributed by atoms with van der Waals surface area (Å²) in [6, 6.07) is 4.68. The fourth-order valence-electron chi connectivity index (χ4n) is 2.62. The van der Waals surface area contributed by atoms with Crippen LogP contribution in [0.4, 0.5) is 5.69 Å². The van der Waals surface area contributed by atoms with Gasteiger partial charge in [0.2, 0.25) is 5.91 Å². The molecular formula is C14H17ClN2O3. The largest absolute Gasteiger partial charge is 0.480 e. The second kappa shape index (κ2) is 5.71. The van der Waals surface area contributed by atoms with Crippen molar-refractivity contribution in [3.05, 3.63) is 28.8 Å². The molecule has 0 saturated heterocycles. The molecule has 6 heteroatoms. The predicted molar refractivity (Wildman–Crippen MR) is 77.0 cm³/mol. The molecule has 1 aromatic rings. The predicted octanol–water partition coefficient (Wildman–Crippen LogP) is 2.64. The van der Waals surface area contributed by atoms with Gasteiger partial charge in [-0.3, -0.25) is 4.79 Å². The number of carboxylic acid groups (broad SMARTS) is 1. The minimum atomic E-state index is -0.949. The van der Waals surface area contributed by atoms with Crippen LogP contribution in [0, 0.1) is 0 Å². The summed E-state index contributed by atoms with van der Waals surface area (Å²) in [6.45, 7) is 0. The molecule has 1 aliphatic rings. The van der Waals surface area contributed by atoms with Crippen LogP contribution in [0.25, 0.3) is 0 Å². The van der Waals surface area contributed by atoms with E-state index in [1.807, 2.05) is 0 Å². The van der Waals surface area contributed by atoms with E-state index in [1.165, 1.54) is 6.07 Å². The molecule has 1 aromatic carbocycles. The van der Waals surface area contributed by atoms with Gasteiger partial charge in [0.25, 0.3) is 0 Å². The molecule has 1 amide bonds. The Morgan fingerprint density at radius 1 is 1.25 bits per heavy atom. The summed E-state index contributed by atoms with van der Waals surface area (Å²) in [5.41, 5.74) is 5.05. The number of benzene rings is 1. The third-order valence-electron chi connectivity index (χ3n) is 3.73. The topological polar surface area (TPSA) is 92.4 Å². The number of aliphatic carboxylic acids is 1. The van der Waals surface area contributed by atoms with E-state index in [2.05, 4.69) is 5.32 Å². The molecule has 20 heavy (non-hydrogen) atoms. The average molecular weight is 297 g/mol. The molecule has 5 nitrogen and oxygen atoms in total. The summed E-state index contributed by atoms with van der Waals surface area (Å²) in [4.78, 5) is 22.7. The molecule has 0 spiro atoms. The van der Waals surface area contributed by atoms with Crippen LogP contribution in [0.15, 0.2) is 18.2 Å². The average Bonchev–Trinajstić information content (AvgIpc) is 2.39. The van der Waals surface area contributed by atoms with E-state index >= 15 is 0 Å². The Balaban J connectivity index is 2.25. The number of carbonyl (C=O) groups is 2. The Bertz CT molecular complexity index is 539. The van der Waals surface area contributed by atoms with Crippen LogP contribution in [-0.4, -0.2) is 22.5 Å². The number of hydrogen-bond donors (Lipinski definition) is 3. The lowest BCUT2D eigenvalue weighted by molar-refractivity contribution is -0.143. The summed E-state index contributed by atoms with van der Waals surface area (Å²) in [5.74, 6) is -1.46. The summed E-state index contributed by atoms with van der Waals surface area (Å²) >= 11 is 5.98. The van der Waals surface area contributed by atoms with Crippen LogP contribution >= 0.6 is 11.6 Å². The molecule has 2 rings (SSSR count). The highest BCUT2D eigenvalue weighted by Gasteiger charge is 2.39. The van der Waals surface area contributed by atoms with Gasteiger partial charge in [-0.25, -0.2) is 4.79 Å². The zero-order valence-electron chi connectivity index (χ0n) is 11.0. The van der Waals surface area contributed by atoms with Crippen molar-refractivity contribution in [3.63, 3.8) is 0 Å². The summed E-state index contributed by atoms with van der Waals surface area (Å²) in [5, 5.41) is 12.8. The maximum absolute atomic E-state index is 11.6. The zero-order valence-corrected chi connectivity index (χ0v) is 11.7. The first-order chi connectivity index (χ1) is 9.44. The summed E-state index contributed by atoms with van der Waals surface area (Å²) in [7, 11) is 0. The third kappa shape index (κ3) is 2.88. The molecule has 0 radical (unpaired) electrons. The number of carboxylic acids is 1. The molecule has 0 aromatic heterocycles. The smallest absolute Gasteiger partial charge is 0.329 e. The summed E-state index contributed by atoms with van der Waals surface area (Å²) < 4.78 is 0. The van der Waals surface area contributed by atoms with Gasteiger partial charge in [-0.05, 0) is 31.0 Å². The van der Waals surface area contributed by atoms with Crippen molar-refractivity contribution < 1.29 is 14.7 Å². The van der Waals surface area contributed by atoms with E-state index in [4.69, 9.17) is 17.3 Å². The van der Waals surface area contributed by atoms with Gasteiger partial charge in [0, 0.05) is 5.69 Å². The first kappa shape index (κ1) is 14.7. The molecule has 1 saturated carbocycles. The molecule has 0 atom stereocenters. The van der Waals surface area contributed by atoms with Crippen LogP contribution in [0.2, 0.25) is 5.02 Å². The molecule has 0 aliphatic heterocycles. The number of amides is 1. The summed E-state index contributed by atoms with van der Waals surface area (Å²) in [6.07, 6.45) is 3.98. The van der Waals surface area contributed by atoms with Crippen molar-refractivity contribution in [2.24, 2.45) is 5.73 Å². The fraction of sp³-hybridized carbons (Fsp3) is 0.429. The van der Waals surface area contributed by atoms with Crippen LogP contribution in [0.1, 0.15) is 42.5 Å². The molecular weight excluding hydrogens is 280 g/mol. The standard InChI is InChI=1S/C14H17ClN2O3/c15-11-8-9(4-5-10(11)12(16)18)17-14(13(19)20)6-2-1-3-7-14/h4-5,8,17H,1-3,6-7H2,(H2,16,18)(H,19,20). The van der Waals surface area contributed by atoms with Crippen LogP contribution in [0.3, 0.4) is 0 Å². The molecule has 0 unspecified atom stereocenters. The SMILES string of the molecule is NC(=O)c1ccc(NC2(C(=O)O)CCCCC2)cc1Cl. The van der Waals surface area contributed by atoms with Crippen LogP contribution in [-0.2, 0) is 4.79 Å². The van der Waals surface area contributed by atoms with Gasteiger partial charge in [-0.2, -0.15) is 0 Å². The Labute approximate surface area is 122 Å². The minimum absolute atomic E-state index is 0.221. The Kier molecular flexibility index (Phi) is 4.18. The fourth-order valence-corrected chi connectivity index (χ4v) is 2.89. The van der Waals surface area contributed by atoms with Gasteiger partial charge in [-0.15, -0.1) is 0 Å².